The summed E-state index contributed by atoms with van der Waals surface area (Å²) in [5.41, 5.74) is 4.43. The molecule has 0 aromatic heterocycles. The molecule has 0 radical (unpaired) electrons. The fourth-order valence-electron chi connectivity index (χ4n) is 9.10. The zero-order chi connectivity index (χ0) is 48.1. The molecule has 350 valence electrons. The summed E-state index contributed by atoms with van der Waals surface area (Å²) in [6.07, 6.45) is 0. The topological polar surface area (TPSA) is 73.8 Å². The molecule has 8 nitrogen and oxygen atoms in total. The van der Waals surface area contributed by atoms with Crippen molar-refractivity contribution in [1.29, 1.82) is 0 Å². The Labute approximate surface area is 404 Å². The van der Waals surface area contributed by atoms with Gasteiger partial charge in [0.15, 0.2) is 22.7 Å². The molecule has 0 bridgehead atoms. The standard InChI is InChI=1S/C58H60O8P2/c1-54(2,3)43-32-33-50-51(34-43)62-67(61-50)63-52-46(35-44(59-10)37-48(52)55(4,5)6)47-36-45(60-11)38-49(56(7,8)9)53(47)64-68-65-57(39-24-16-12-17-25-39,40-26-18-13-19-27-40)58(66-68,41-28-20-14-21-29-41)42-30-22-15-23-31-42/h12-38H,1-11H3. The number of benzene rings is 7. The van der Waals surface area contributed by atoms with Crippen LogP contribution >= 0.6 is 17.2 Å². The molecule has 10 heteroatoms. The molecule has 0 amide bonds. The molecule has 2 aliphatic heterocycles. The van der Waals surface area contributed by atoms with Crippen molar-refractivity contribution in [2.24, 2.45) is 0 Å². The average molecular weight is 947 g/mol. The Morgan fingerprint density at radius 2 is 0.765 bits per heavy atom. The van der Waals surface area contributed by atoms with E-state index < -0.39 is 39.2 Å². The van der Waals surface area contributed by atoms with E-state index in [9.17, 15) is 0 Å². The summed E-state index contributed by atoms with van der Waals surface area (Å²) >= 11 is 0. The molecule has 2 heterocycles. The van der Waals surface area contributed by atoms with Crippen LogP contribution in [-0.4, -0.2) is 14.2 Å². The summed E-state index contributed by atoms with van der Waals surface area (Å²) in [6, 6.07) is 55.5. The number of hydrogen-bond acceptors (Lipinski definition) is 8. The van der Waals surface area contributed by atoms with E-state index in [2.05, 4.69) is 117 Å². The van der Waals surface area contributed by atoms with Crippen LogP contribution < -0.4 is 27.6 Å². The molecule has 9 rings (SSSR count). The Hall–Kier alpha value is -5.88. The number of hydrogen-bond donors (Lipinski definition) is 0. The fourth-order valence-corrected chi connectivity index (χ4v) is 11.8. The van der Waals surface area contributed by atoms with Gasteiger partial charge in [0.05, 0.1) is 14.2 Å². The molecule has 1 atom stereocenters. The van der Waals surface area contributed by atoms with Crippen molar-refractivity contribution >= 4 is 17.2 Å². The SMILES string of the molecule is COc1cc(-c2cc(OC)cc(C(C)(C)C)c2OP2OC(c3ccccc3)(c3ccccc3)C(c3ccccc3)(c3ccccc3)O2)c(OP2Oc3ccc(C(C)(C)C)cc3O2)c(C(C)(C)C)c1. The summed E-state index contributed by atoms with van der Waals surface area (Å²) in [4.78, 5) is 0. The highest BCUT2D eigenvalue weighted by Crippen LogP contribution is 2.71. The smallest absolute Gasteiger partial charge is 0.497 e. The first-order chi connectivity index (χ1) is 32.5. The summed E-state index contributed by atoms with van der Waals surface area (Å²) in [7, 11) is -0.819. The second-order valence-corrected chi connectivity index (χ2v) is 22.3. The molecular formula is C58H60O8P2. The predicted molar refractivity (Wildman–Crippen MR) is 273 cm³/mol. The van der Waals surface area contributed by atoms with E-state index >= 15 is 0 Å². The van der Waals surface area contributed by atoms with Crippen molar-refractivity contribution in [1.82, 2.24) is 0 Å². The van der Waals surface area contributed by atoms with Gasteiger partial charge in [-0.05, 0) is 80.5 Å². The lowest BCUT2D eigenvalue weighted by atomic mass is 9.66. The van der Waals surface area contributed by atoms with Crippen molar-refractivity contribution in [3.05, 3.63) is 203 Å². The molecule has 0 N–H and O–H groups in total. The van der Waals surface area contributed by atoms with E-state index in [1.165, 1.54) is 0 Å². The Morgan fingerprint density at radius 3 is 1.12 bits per heavy atom. The van der Waals surface area contributed by atoms with Crippen molar-refractivity contribution < 1.29 is 36.6 Å². The third-order valence-corrected chi connectivity index (χ3v) is 14.8. The fraction of sp³-hybridized carbons (Fsp3) is 0.276. The number of methoxy groups -OCH3 is 2. The number of rotatable bonds is 11. The third kappa shape index (κ3) is 8.62. The van der Waals surface area contributed by atoms with Gasteiger partial charge in [-0.3, -0.25) is 9.05 Å². The molecule has 1 unspecified atom stereocenters. The largest absolute Gasteiger partial charge is 0.530 e. The molecule has 0 spiro atoms. The van der Waals surface area contributed by atoms with E-state index in [1.54, 1.807) is 14.2 Å². The molecule has 7 aromatic rings. The Bertz CT molecular complexity index is 2720. The van der Waals surface area contributed by atoms with E-state index in [4.69, 9.17) is 36.6 Å². The van der Waals surface area contributed by atoms with Gasteiger partial charge in [-0.15, -0.1) is 0 Å². The van der Waals surface area contributed by atoms with Crippen LogP contribution in [0.15, 0.2) is 164 Å². The van der Waals surface area contributed by atoms with E-state index in [0.717, 1.165) is 38.9 Å². The highest BCUT2D eigenvalue weighted by molar-refractivity contribution is 7.43. The monoisotopic (exact) mass is 946 g/mol. The van der Waals surface area contributed by atoms with Gasteiger partial charge in [0, 0.05) is 22.3 Å². The summed E-state index contributed by atoms with van der Waals surface area (Å²) < 4.78 is 55.2. The summed E-state index contributed by atoms with van der Waals surface area (Å²) in [5.74, 6) is 3.68. The average Bonchev–Trinajstić information content (AvgIpc) is 3.91. The molecule has 0 saturated carbocycles. The van der Waals surface area contributed by atoms with Gasteiger partial charge >= 0.3 is 17.2 Å². The Kier molecular flexibility index (Phi) is 12.6. The first-order valence-electron chi connectivity index (χ1n) is 23.0. The van der Waals surface area contributed by atoms with Crippen molar-refractivity contribution in [2.45, 2.75) is 89.8 Å². The van der Waals surface area contributed by atoms with E-state index in [-0.39, 0.29) is 5.41 Å². The van der Waals surface area contributed by atoms with Crippen LogP contribution in [0.3, 0.4) is 0 Å². The van der Waals surface area contributed by atoms with Crippen LogP contribution in [0.5, 0.6) is 34.5 Å². The minimum absolute atomic E-state index is 0.0846. The van der Waals surface area contributed by atoms with E-state index in [1.807, 2.05) is 109 Å². The maximum Gasteiger partial charge on any atom is 0.530 e. The van der Waals surface area contributed by atoms with Crippen molar-refractivity contribution in [3.8, 4) is 45.6 Å². The molecule has 1 fully saturated rings. The Balaban J connectivity index is 1.27. The lowest BCUT2D eigenvalue weighted by Gasteiger charge is -2.43. The highest BCUT2D eigenvalue weighted by atomic mass is 31.2. The summed E-state index contributed by atoms with van der Waals surface area (Å²) in [6.45, 7) is 19.5. The third-order valence-electron chi connectivity index (χ3n) is 12.6. The molecule has 68 heavy (non-hydrogen) atoms. The van der Waals surface area contributed by atoms with Gasteiger partial charge in [-0.2, -0.15) is 0 Å². The van der Waals surface area contributed by atoms with Crippen LogP contribution in [-0.2, 0) is 36.5 Å². The molecular weight excluding hydrogens is 887 g/mol. The normalized spacial score (nSPS) is 16.6. The zero-order valence-electron chi connectivity index (χ0n) is 40.7. The van der Waals surface area contributed by atoms with Gasteiger partial charge in [-0.1, -0.05) is 190 Å². The molecule has 0 aliphatic carbocycles. The van der Waals surface area contributed by atoms with Crippen LogP contribution in [0.2, 0.25) is 0 Å². The van der Waals surface area contributed by atoms with Gasteiger partial charge in [0.25, 0.3) is 0 Å². The van der Waals surface area contributed by atoms with Gasteiger partial charge in [0.2, 0.25) is 0 Å². The first kappa shape index (κ1) is 47.2. The summed E-state index contributed by atoms with van der Waals surface area (Å²) in [5, 5.41) is 0. The second kappa shape index (κ2) is 18.2. The number of fused-ring (bicyclic) bond motifs is 1. The van der Waals surface area contributed by atoms with Crippen LogP contribution in [0.1, 0.15) is 101 Å². The molecule has 2 aliphatic rings. The van der Waals surface area contributed by atoms with Crippen LogP contribution in [0.4, 0.5) is 0 Å². The highest BCUT2D eigenvalue weighted by Gasteiger charge is 2.67. The maximum absolute atomic E-state index is 7.69. The van der Waals surface area contributed by atoms with Gasteiger partial charge in [-0.25, -0.2) is 0 Å². The minimum Gasteiger partial charge on any atom is -0.497 e. The van der Waals surface area contributed by atoms with Crippen molar-refractivity contribution in [2.75, 3.05) is 14.2 Å². The van der Waals surface area contributed by atoms with Crippen molar-refractivity contribution in [3.63, 3.8) is 0 Å². The zero-order valence-corrected chi connectivity index (χ0v) is 42.5. The van der Waals surface area contributed by atoms with E-state index in [0.29, 0.717) is 45.6 Å². The second-order valence-electron chi connectivity index (χ2n) is 20.3. The van der Waals surface area contributed by atoms with Gasteiger partial charge < -0.3 is 27.6 Å². The molecule has 1 saturated heterocycles. The van der Waals surface area contributed by atoms with Crippen LogP contribution in [0, 0.1) is 0 Å². The minimum atomic E-state index is -2.24. The maximum atomic E-state index is 7.69. The molecule has 7 aromatic carbocycles. The lowest BCUT2D eigenvalue weighted by Crippen LogP contribution is -2.48. The first-order valence-corrected chi connectivity index (χ1v) is 25.2. The Morgan fingerprint density at radius 1 is 0.397 bits per heavy atom. The van der Waals surface area contributed by atoms with Gasteiger partial charge in [0.1, 0.15) is 23.0 Å². The predicted octanol–water partition coefficient (Wildman–Crippen LogP) is 15.9. The lowest BCUT2D eigenvalue weighted by molar-refractivity contribution is 0.00370. The number of ether oxygens (including phenoxy) is 2. The van der Waals surface area contributed by atoms with Crippen LogP contribution in [0.25, 0.3) is 11.1 Å². The quantitative estimate of drug-likeness (QED) is 0.119.